The molecule has 0 amide bonds. The van der Waals surface area contributed by atoms with Gasteiger partial charge in [-0.05, 0) is 28.1 Å². The minimum Gasteiger partial charge on any atom is -0.226 e. The van der Waals surface area contributed by atoms with Gasteiger partial charge < -0.3 is 0 Å². The predicted molar refractivity (Wildman–Crippen MR) is 82.8 cm³/mol. The van der Waals surface area contributed by atoms with Crippen LogP contribution in [-0.4, -0.2) is 9.97 Å². The molecule has 0 spiro atoms. The number of nitrogens with zero attached hydrogens (tertiary/aromatic N) is 2. The Morgan fingerprint density at radius 2 is 2.00 bits per heavy atom. The van der Waals surface area contributed by atoms with Crippen LogP contribution in [0, 0.1) is 0 Å². The first-order chi connectivity index (χ1) is 8.65. The van der Waals surface area contributed by atoms with Gasteiger partial charge in [0.25, 0.3) is 0 Å². The smallest absolute Gasteiger partial charge is 0.172 e. The van der Waals surface area contributed by atoms with E-state index in [0.717, 1.165) is 20.4 Å². The lowest BCUT2D eigenvalue weighted by molar-refractivity contribution is 1.24. The van der Waals surface area contributed by atoms with E-state index in [1.54, 1.807) is 0 Å². The lowest BCUT2D eigenvalue weighted by Crippen LogP contribution is -1.87. The van der Waals surface area contributed by atoms with Crippen molar-refractivity contribution in [3.63, 3.8) is 0 Å². The number of aromatic nitrogens is 2. The summed E-state index contributed by atoms with van der Waals surface area (Å²) in [5.41, 5.74) is 2.39. The second kappa shape index (κ2) is 4.81. The second-order valence-corrected chi connectivity index (χ2v) is 6.64. The molecular formula is C12H6BrClN2S2. The van der Waals surface area contributed by atoms with Crippen molar-refractivity contribution < 1.29 is 0 Å². The molecule has 6 heteroatoms. The van der Waals surface area contributed by atoms with E-state index < -0.39 is 0 Å². The van der Waals surface area contributed by atoms with Crippen LogP contribution in [0.2, 0.25) is 5.02 Å². The fraction of sp³-hybridized carbons (Fsp3) is 0. The maximum absolute atomic E-state index is 6.19. The van der Waals surface area contributed by atoms with Crippen molar-refractivity contribution in [1.82, 2.24) is 9.97 Å². The topological polar surface area (TPSA) is 25.8 Å². The Labute approximate surface area is 127 Å². The van der Waals surface area contributed by atoms with E-state index >= 15 is 0 Å². The zero-order valence-corrected chi connectivity index (χ0v) is 12.9. The maximum Gasteiger partial charge on any atom is 0.172 e. The molecule has 0 unspecified atom stereocenters. The Kier molecular flexibility index (Phi) is 3.32. The molecule has 0 radical (unpaired) electrons. The Balaban J connectivity index is 2.29. The Bertz CT molecular complexity index is 742. The molecule has 0 aliphatic heterocycles. The highest BCUT2D eigenvalue weighted by Crippen LogP contribution is 2.35. The zero-order chi connectivity index (χ0) is 12.7. The van der Waals surface area contributed by atoms with E-state index in [1.165, 1.54) is 11.3 Å². The minimum absolute atomic E-state index is 0.673. The zero-order valence-electron chi connectivity index (χ0n) is 8.89. The third kappa shape index (κ3) is 2.16. The quantitative estimate of drug-likeness (QED) is 0.616. The first-order valence-electron chi connectivity index (χ1n) is 5.06. The van der Waals surface area contributed by atoms with E-state index in [0.29, 0.717) is 15.0 Å². The van der Waals surface area contributed by atoms with E-state index in [-0.39, 0.29) is 0 Å². The van der Waals surface area contributed by atoms with Crippen LogP contribution in [0.15, 0.2) is 39.1 Å². The average molecular weight is 358 g/mol. The fourth-order valence-corrected chi connectivity index (χ4v) is 3.66. The first-order valence-corrected chi connectivity index (χ1v) is 7.49. The van der Waals surface area contributed by atoms with Gasteiger partial charge in [-0.15, -0.1) is 24.0 Å². The van der Waals surface area contributed by atoms with Crippen molar-refractivity contribution in [1.29, 1.82) is 0 Å². The lowest BCUT2D eigenvalue weighted by atomic mass is 10.1. The second-order valence-electron chi connectivity index (χ2n) is 3.62. The highest BCUT2D eigenvalue weighted by molar-refractivity contribution is 9.10. The number of pyridine rings is 1. The third-order valence-corrected chi connectivity index (χ3v) is 4.56. The van der Waals surface area contributed by atoms with E-state index in [9.17, 15) is 0 Å². The Morgan fingerprint density at radius 1 is 1.22 bits per heavy atom. The Hall–Kier alpha value is -0.620. The van der Waals surface area contributed by atoms with Gasteiger partial charge >= 0.3 is 0 Å². The number of hydrogen-bond acceptors (Lipinski definition) is 4. The van der Waals surface area contributed by atoms with Crippen LogP contribution in [0.25, 0.3) is 21.6 Å². The summed E-state index contributed by atoms with van der Waals surface area (Å²) in [6.07, 6.45) is 0. The fourth-order valence-electron chi connectivity index (χ4n) is 1.67. The number of thiazole rings is 1. The summed E-state index contributed by atoms with van der Waals surface area (Å²) in [5.74, 6) is 0. The molecule has 1 aromatic carbocycles. The van der Waals surface area contributed by atoms with E-state index in [1.807, 2.05) is 30.3 Å². The molecule has 0 saturated carbocycles. The first kappa shape index (κ1) is 12.4. The minimum atomic E-state index is 0.673. The molecule has 0 bridgehead atoms. The normalized spacial score (nSPS) is 11.1. The summed E-state index contributed by atoms with van der Waals surface area (Å²) < 4.78 is 2.61. The summed E-state index contributed by atoms with van der Waals surface area (Å²) in [4.78, 5) is 8.82. The molecule has 3 rings (SSSR count). The van der Waals surface area contributed by atoms with Crippen LogP contribution in [0.4, 0.5) is 0 Å². The van der Waals surface area contributed by atoms with Gasteiger partial charge in [0.2, 0.25) is 0 Å². The number of halogens is 2. The monoisotopic (exact) mass is 356 g/mol. The summed E-state index contributed by atoms with van der Waals surface area (Å²) in [7, 11) is 0. The molecule has 2 nitrogen and oxygen atoms in total. The number of thiol groups is 1. The van der Waals surface area contributed by atoms with Gasteiger partial charge in [0, 0.05) is 15.1 Å². The molecule has 3 aromatic rings. The molecule has 90 valence electrons. The van der Waals surface area contributed by atoms with Crippen molar-refractivity contribution in [3.05, 3.63) is 39.8 Å². The van der Waals surface area contributed by atoms with Crippen molar-refractivity contribution >= 4 is 61.8 Å². The van der Waals surface area contributed by atoms with Crippen molar-refractivity contribution in [3.8, 4) is 11.3 Å². The third-order valence-electron chi connectivity index (χ3n) is 2.45. The predicted octanol–water partition coefficient (Wildman–Crippen LogP) is 5.06. The molecule has 0 aliphatic carbocycles. The Morgan fingerprint density at radius 3 is 2.78 bits per heavy atom. The molecule has 0 aliphatic rings. The van der Waals surface area contributed by atoms with Crippen LogP contribution in [0.3, 0.4) is 0 Å². The summed E-state index contributed by atoms with van der Waals surface area (Å²) in [6, 6.07) is 9.62. The van der Waals surface area contributed by atoms with E-state index in [4.69, 9.17) is 11.6 Å². The SMILES string of the molecule is Sc1nc2nc(-c3ccccc3Cl)c(Br)cc2s1. The van der Waals surface area contributed by atoms with E-state index in [2.05, 4.69) is 38.5 Å². The lowest BCUT2D eigenvalue weighted by Gasteiger charge is -2.05. The molecular weight excluding hydrogens is 352 g/mol. The van der Waals surface area contributed by atoms with Crippen LogP contribution in [0.5, 0.6) is 0 Å². The van der Waals surface area contributed by atoms with Crippen molar-refractivity contribution in [2.45, 2.75) is 4.34 Å². The summed E-state index contributed by atoms with van der Waals surface area (Å²) in [6.45, 7) is 0. The number of hydrogen-bond donors (Lipinski definition) is 1. The molecule has 0 saturated heterocycles. The average Bonchev–Trinajstić information content (AvgIpc) is 2.68. The number of fused-ring (bicyclic) bond motifs is 1. The van der Waals surface area contributed by atoms with Crippen molar-refractivity contribution in [2.75, 3.05) is 0 Å². The van der Waals surface area contributed by atoms with Gasteiger partial charge in [-0.25, -0.2) is 9.97 Å². The standard InChI is InChI=1S/C12H6BrClN2S2/c13-7-5-9-11(16-12(17)18-9)15-10(7)6-3-1-2-4-8(6)14/h1-5H,(H,15,16,17). The van der Waals surface area contributed by atoms with Crippen LogP contribution < -0.4 is 0 Å². The highest BCUT2D eigenvalue weighted by atomic mass is 79.9. The molecule has 0 atom stereocenters. The van der Waals surface area contributed by atoms with Gasteiger partial charge in [0.05, 0.1) is 10.4 Å². The summed E-state index contributed by atoms with van der Waals surface area (Å²) >= 11 is 15.5. The van der Waals surface area contributed by atoms with Crippen molar-refractivity contribution in [2.24, 2.45) is 0 Å². The van der Waals surface area contributed by atoms with Gasteiger partial charge in [-0.3, -0.25) is 0 Å². The molecule has 2 aromatic heterocycles. The maximum atomic E-state index is 6.19. The molecule has 0 fully saturated rings. The largest absolute Gasteiger partial charge is 0.226 e. The summed E-state index contributed by atoms with van der Waals surface area (Å²) in [5, 5.41) is 0.673. The highest BCUT2D eigenvalue weighted by Gasteiger charge is 2.12. The van der Waals surface area contributed by atoms with Gasteiger partial charge in [0.15, 0.2) is 5.65 Å². The van der Waals surface area contributed by atoms with Gasteiger partial charge in [-0.1, -0.05) is 29.8 Å². The number of rotatable bonds is 1. The van der Waals surface area contributed by atoms with Crippen LogP contribution in [0.1, 0.15) is 0 Å². The molecule has 18 heavy (non-hydrogen) atoms. The molecule has 0 N–H and O–H groups in total. The molecule has 2 heterocycles. The van der Waals surface area contributed by atoms with Gasteiger partial charge in [-0.2, -0.15) is 0 Å². The van der Waals surface area contributed by atoms with Crippen LogP contribution in [-0.2, 0) is 0 Å². The van der Waals surface area contributed by atoms with Gasteiger partial charge in [0.1, 0.15) is 4.34 Å². The van der Waals surface area contributed by atoms with Crippen LogP contribution >= 0.6 is 51.5 Å². The number of benzene rings is 1.